The van der Waals surface area contributed by atoms with E-state index in [-0.39, 0.29) is 11.3 Å². The van der Waals surface area contributed by atoms with Gasteiger partial charge in [0.05, 0.1) is 5.56 Å². The van der Waals surface area contributed by atoms with Crippen LogP contribution >= 0.6 is 0 Å². The van der Waals surface area contributed by atoms with Crippen molar-refractivity contribution in [3.8, 4) is 5.75 Å². The zero-order valence-corrected chi connectivity index (χ0v) is 10.0. The second kappa shape index (κ2) is 4.14. The van der Waals surface area contributed by atoms with Crippen molar-refractivity contribution in [2.75, 3.05) is 0 Å². The topological polar surface area (TPSA) is 75.4 Å². The first-order valence-electron chi connectivity index (χ1n) is 6.24. The summed E-state index contributed by atoms with van der Waals surface area (Å²) in [6.07, 6.45) is 5.36. The van der Waals surface area contributed by atoms with E-state index in [1.807, 2.05) is 6.07 Å². The van der Waals surface area contributed by atoms with E-state index in [2.05, 4.69) is 11.4 Å². The summed E-state index contributed by atoms with van der Waals surface area (Å²) in [5.74, 6) is -0.579. The highest BCUT2D eigenvalue weighted by Gasteiger charge is 2.29. The van der Waals surface area contributed by atoms with E-state index in [0.717, 1.165) is 24.0 Å². The van der Waals surface area contributed by atoms with Crippen LogP contribution in [0.15, 0.2) is 24.3 Å². The monoisotopic (exact) mass is 244 g/mol. The van der Waals surface area contributed by atoms with Gasteiger partial charge >= 0.3 is 0 Å². The summed E-state index contributed by atoms with van der Waals surface area (Å²) >= 11 is 0. The molecule has 4 N–H and O–H groups in total. The molecule has 2 atom stereocenters. The van der Waals surface area contributed by atoms with Gasteiger partial charge in [-0.1, -0.05) is 18.2 Å². The summed E-state index contributed by atoms with van der Waals surface area (Å²) in [5, 5.41) is 13.6. The summed E-state index contributed by atoms with van der Waals surface area (Å²) in [7, 11) is 0. The zero-order valence-electron chi connectivity index (χ0n) is 10.0. The quantitative estimate of drug-likeness (QED) is 0.736. The molecule has 2 unspecified atom stereocenters. The number of aromatic hydroxyl groups is 1. The lowest BCUT2D eigenvalue weighted by Crippen LogP contribution is -2.32. The summed E-state index contributed by atoms with van der Waals surface area (Å²) in [6.45, 7) is 0. The third-order valence-electron chi connectivity index (χ3n) is 3.79. The molecule has 0 aliphatic carbocycles. The molecule has 2 heterocycles. The molecule has 2 bridgehead atoms. The summed E-state index contributed by atoms with van der Waals surface area (Å²) in [5.41, 5.74) is 7.30. The molecular formula is C14H16N2O2. The van der Waals surface area contributed by atoms with Gasteiger partial charge in [0.1, 0.15) is 5.75 Å². The van der Waals surface area contributed by atoms with Crippen LogP contribution in [-0.2, 0) is 0 Å². The minimum atomic E-state index is -0.591. The van der Waals surface area contributed by atoms with Crippen molar-refractivity contribution in [2.45, 2.75) is 31.3 Å². The number of nitrogens with two attached hydrogens (primary N) is 1. The van der Waals surface area contributed by atoms with Gasteiger partial charge in [-0.2, -0.15) is 0 Å². The molecule has 2 aliphatic rings. The molecule has 1 fully saturated rings. The van der Waals surface area contributed by atoms with Crippen molar-refractivity contribution in [3.63, 3.8) is 0 Å². The predicted molar refractivity (Wildman–Crippen MR) is 69.2 cm³/mol. The van der Waals surface area contributed by atoms with Gasteiger partial charge in [0.2, 0.25) is 0 Å². The number of benzene rings is 1. The lowest BCUT2D eigenvalue weighted by atomic mass is 9.94. The molecule has 4 nitrogen and oxygen atoms in total. The Morgan fingerprint density at radius 2 is 2.22 bits per heavy atom. The molecule has 94 valence electrons. The number of para-hydroxylation sites is 1. The van der Waals surface area contributed by atoms with Gasteiger partial charge in [-0.15, -0.1) is 0 Å². The lowest BCUT2D eigenvalue weighted by Gasteiger charge is -2.22. The van der Waals surface area contributed by atoms with Crippen molar-refractivity contribution < 1.29 is 9.90 Å². The third kappa shape index (κ3) is 1.78. The Kier molecular flexibility index (Phi) is 2.59. The average molecular weight is 244 g/mol. The molecule has 4 heteroatoms. The largest absolute Gasteiger partial charge is 0.506 e. The minimum absolute atomic E-state index is 0.0116. The molecule has 1 aromatic carbocycles. The van der Waals surface area contributed by atoms with Crippen LogP contribution in [0.1, 0.15) is 35.2 Å². The van der Waals surface area contributed by atoms with Gasteiger partial charge < -0.3 is 16.2 Å². The highest BCUT2D eigenvalue weighted by atomic mass is 16.3. The zero-order chi connectivity index (χ0) is 12.7. The van der Waals surface area contributed by atoms with Crippen molar-refractivity contribution in [2.24, 2.45) is 5.73 Å². The molecule has 3 rings (SSSR count). The van der Waals surface area contributed by atoms with E-state index in [0.29, 0.717) is 12.1 Å². The lowest BCUT2D eigenvalue weighted by molar-refractivity contribution is 0.0997. The first-order valence-corrected chi connectivity index (χ1v) is 6.24. The number of hydrogen-bond acceptors (Lipinski definition) is 3. The normalized spacial score (nSPS) is 25.9. The van der Waals surface area contributed by atoms with Crippen molar-refractivity contribution >= 4 is 11.5 Å². The number of phenols is 1. The van der Waals surface area contributed by atoms with Crippen LogP contribution < -0.4 is 11.1 Å². The van der Waals surface area contributed by atoms with Gasteiger partial charge in [-0.3, -0.25) is 4.79 Å². The van der Waals surface area contributed by atoms with E-state index in [1.165, 1.54) is 6.42 Å². The van der Waals surface area contributed by atoms with Gasteiger partial charge in [0.25, 0.3) is 5.91 Å². The Morgan fingerprint density at radius 1 is 1.39 bits per heavy atom. The Labute approximate surface area is 105 Å². The first-order chi connectivity index (χ1) is 8.65. The molecule has 18 heavy (non-hydrogen) atoms. The van der Waals surface area contributed by atoms with Crippen LogP contribution in [0.3, 0.4) is 0 Å². The van der Waals surface area contributed by atoms with Crippen LogP contribution in [0, 0.1) is 0 Å². The summed E-state index contributed by atoms with van der Waals surface area (Å²) in [6, 6.07) is 6.05. The maximum Gasteiger partial charge on any atom is 0.252 e. The number of rotatable bonds is 2. The van der Waals surface area contributed by atoms with Crippen LogP contribution in [0.25, 0.3) is 5.57 Å². The average Bonchev–Trinajstić information content (AvgIpc) is 2.68. The standard InChI is InChI=1S/C14H16N2O2/c15-14(18)12-3-1-2-11(13(12)17)8-6-9-4-5-10(7-8)16-9/h1-3,6,9-10,16-17H,4-5,7H2,(H2,15,18). The van der Waals surface area contributed by atoms with Crippen LogP contribution in [0.2, 0.25) is 0 Å². The Morgan fingerprint density at radius 3 is 2.94 bits per heavy atom. The van der Waals surface area contributed by atoms with E-state index >= 15 is 0 Å². The highest BCUT2D eigenvalue weighted by Crippen LogP contribution is 2.36. The molecule has 1 amide bonds. The van der Waals surface area contributed by atoms with Gasteiger partial charge in [-0.05, 0) is 30.9 Å². The Balaban J connectivity index is 2.02. The number of carbonyl (C=O) groups is 1. The smallest absolute Gasteiger partial charge is 0.252 e. The number of primary amides is 1. The molecule has 1 saturated heterocycles. The van der Waals surface area contributed by atoms with E-state index < -0.39 is 5.91 Å². The second-order valence-electron chi connectivity index (χ2n) is 5.01. The maximum absolute atomic E-state index is 11.2. The van der Waals surface area contributed by atoms with Crippen LogP contribution in [0.5, 0.6) is 5.75 Å². The molecule has 0 aromatic heterocycles. The molecule has 1 aromatic rings. The summed E-state index contributed by atoms with van der Waals surface area (Å²) in [4.78, 5) is 11.2. The maximum atomic E-state index is 11.2. The third-order valence-corrected chi connectivity index (χ3v) is 3.79. The van der Waals surface area contributed by atoms with Crippen LogP contribution in [0.4, 0.5) is 0 Å². The fourth-order valence-corrected chi connectivity index (χ4v) is 2.92. The van der Waals surface area contributed by atoms with Crippen molar-refractivity contribution in [3.05, 3.63) is 35.4 Å². The Bertz CT molecular complexity index is 537. The van der Waals surface area contributed by atoms with Crippen molar-refractivity contribution in [1.29, 1.82) is 0 Å². The first kappa shape index (κ1) is 11.3. The summed E-state index contributed by atoms with van der Waals surface area (Å²) < 4.78 is 0. The number of amides is 1. The molecule has 0 saturated carbocycles. The van der Waals surface area contributed by atoms with Crippen LogP contribution in [-0.4, -0.2) is 23.1 Å². The number of carbonyl (C=O) groups excluding carboxylic acids is 1. The van der Waals surface area contributed by atoms with Gasteiger partial charge in [0, 0.05) is 17.6 Å². The minimum Gasteiger partial charge on any atom is -0.506 e. The fourth-order valence-electron chi connectivity index (χ4n) is 2.92. The Hall–Kier alpha value is -1.81. The number of hydrogen-bond donors (Lipinski definition) is 3. The SMILES string of the molecule is NC(=O)c1cccc(C2=CC3CCC(C2)N3)c1O. The van der Waals surface area contributed by atoms with Gasteiger partial charge in [-0.25, -0.2) is 0 Å². The second-order valence-corrected chi connectivity index (χ2v) is 5.01. The van der Waals surface area contributed by atoms with Gasteiger partial charge in [0.15, 0.2) is 0 Å². The van der Waals surface area contributed by atoms with Crippen molar-refractivity contribution in [1.82, 2.24) is 5.32 Å². The number of nitrogens with one attached hydrogen (secondary N) is 1. The highest BCUT2D eigenvalue weighted by molar-refractivity contribution is 5.97. The molecular weight excluding hydrogens is 228 g/mol. The fraction of sp³-hybridized carbons (Fsp3) is 0.357. The van der Waals surface area contributed by atoms with E-state index in [4.69, 9.17) is 5.73 Å². The van der Waals surface area contributed by atoms with E-state index in [1.54, 1.807) is 12.1 Å². The molecule has 2 aliphatic heterocycles. The molecule has 0 radical (unpaired) electrons. The number of fused-ring (bicyclic) bond motifs is 2. The molecule has 0 spiro atoms. The predicted octanol–water partition coefficient (Wildman–Crippen LogP) is 1.40. The van der Waals surface area contributed by atoms with E-state index in [9.17, 15) is 9.90 Å².